The molecule has 7 heavy (non-hydrogen) atoms. The summed E-state index contributed by atoms with van der Waals surface area (Å²) in [7, 11) is 3.00. The molecule has 0 aromatic carbocycles. The maximum Gasteiger partial charge on any atom is 0.124 e. The fraction of sp³-hybridized carbons (Fsp3) is 0.333. The van der Waals surface area contributed by atoms with E-state index in [0.717, 1.165) is 9.52 Å². The van der Waals surface area contributed by atoms with Crippen molar-refractivity contribution in [2.75, 3.05) is 0 Å². The highest BCUT2D eigenvalue weighted by atomic mass is 32.9. The van der Waals surface area contributed by atoms with E-state index in [-0.39, 0.29) is 0 Å². The van der Waals surface area contributed by atoms with E-state index >= 15 is 0 Å². The molecule has 1 aromatic rings. The molecule has 0 amide bonds. The van der Waals surface area contributed by atoms with Crippen LogP contribution in [0.3, 0.4) is 0 Å². The molecule has 0 bridgehead atoms. The van der Waals surface area contributed by atoms with Crippen LogP contribution >= 0.6 is 33.1 Å². The summed E-state index contributed by atoms with van der Waals surface area (Å²) in [5.41, 5.74) is 0.991. The van der Waals surface area contributed by atoms with Crippen molar-refractivity contribution in [3.8, 4) is 0 Å². The molecule has 1 nitrogen and oxygen atoms in total. The van der Waals surface area contributed by atoms with Crippen LogP contribution in [0.2, 0.25) is 0 Å². The predicted octanol–water partition coefficient (Wildman–Crippen LogP) is 2.24. The number of aryl methyl sites for hydroxylation is 1. The number of hydrogen-bond acceptors (Lipinski definition) is 4. The van der Waals surface area contributed by atoms with Crippen LogP contribution in [0, 0.1) is 10.7 Å². The average molecular weight is 149 g/mol. The Morgan fingerprint density at radius 1 is 1.71 bits per heavy atom. The Kier molecular flexibility index (Phi) is 1.51. The van der Waals surface area contributed by atoms with Gasteiger partial charge in [0.2, 0.25) is 0 Å². The van der Waals surface area contributed by atoms with Crippen molar-refractivity contribution in [2.24, 2.45) is 0 Å². The molecule has 0 spiro atoms. The Morgan fingerprint density at radius 2 is 2.43 bits per heavy atom. The zero-order valence-electron chi connectivity index (χ0n) is 3.67. The van der Waals surface area contributed by atoms with Crippen LogP contribution in [0.1, 0.15) is 5.69 Å². The van der Waals surface area contributed by atoms with Gasteiger partial charge in [0.15, 0.2) is 0 Å². The number of aromatic nitrogens is 1. The minimum absolute atomic E-state index is 0.921. The molecule has 0 aliphatic heterocycles. The van der Waals surface area contributed by atoms with E-state index in [2.05, 4.69) is 4.37 Å². The van der Waals surface area contributed by atoms with Crippen molar-refractivity contribution >= 4 is 33.1 Å². The van der Waals surface area contributed by atoms with E-state index < -0.39 is 0 Å². The second-order valence-electron chi connectivity index (χ2n) is 1.12. The molecular formula is C3H3NS3. The molecule has 1 rings (SSSR count). The molecule has 1 heterocycles. The molecule has 0 N–H and O–H groups in total. The van der Waals surface area contributed by atoms with Crippen molar-refractivity contribution in [1.29, 1.82) is 0 Å². The summed E-state index contributed by atoms with van der Waals surface area (Å²) in [5.74, 6) is 0. The van der Waals surface area contributed by atoms with Crippen LogP contribution in [0.15, 0.2) is 0 Å². The van der Waals surface area contributed by atoms with Crippen LogP contribution in [-0.2, 0) is 0 Å². The highest BCUT2D eigenvalue weighted by molar-refractivity contribution is 7.78. The Morgan fingerprint density at radius 3 is 2.57 bits per heavy atom. The quantitative estimate of drug-likeness (QED) is 0.414. The zero-order chi connectivity index (χ0) is 5.28. The van der Waals surface area contributed by atoms with Gasteiger partial charge in [0, 0.05) is 10.5 Å². The largest absolute Gasteiger partial charge is 0.185 e. The highest BCUT2D eigenvalue weighted by Gasteiger charge is 1.86. The molecule has 1 aromatic heterocycles. The van der Waals surface area contributed by atoms with Gasteiger partial charge in [-0.25, -0.2) is 0 Å². The Bertz CT molecular complexity index is 198. The first-order chi connectivity index (χ1) is 3.30. The molecule has 0 unspecified atom stereocenters. The fourth-order valence-electron chi connectivity index (χ4n) is 0.206. The lowest BCUT2D eigenvalue weighted by Gasteiger charge is -1.65. The summed E-state index contributed by atoms with van der Waals surface area (Å²) in [6.45, 7) is 1.93. The second kappa shape index (κ2) is 1.98. The molecule has 38 valence electrons. The summed E-state index contributed by atoms with van der Waals surface area (Å²) in [4.78, 5) is 0. The Balaban J connectivity index is 3.39. The Hall–Kier alpha value is 0.200. The van der Waals surface area contributed by atoms with Crippen molar-refractivity contribution in [2.45, 2.75) is 6.92 Å². The van der Waals surface area contributed by atoms with Crippen LogP contribution < -0.4 is 0 Å². The molecule has 0 fully saturated rings. The van der Waals surface area contributed by atoms with Crippen LogP contribution in [0.25, 0.3) is 0 Å². The van der Waals surface area contributed by atoms with Crippen LogP contribution in [-0.4, -0.2) is 4.37 Å². The lowest BCUT2D eigenvalue weighted by Crippen LogP contribution is -1.61. The van der Waals surface area contributed by atoms with Crippen LogP contribution in [0.4, 0.5) is 0 Å². The molecule has 0 radical (unpaired) electrons. The van der Waals surface area contributed by atoms with Gasteiger partial charge >= 0.3 is 0 Å². The average Bonchev–Trinajstić information content (AvgIpc) is 1.91. The fourth-order valence-corrected chi connectivity index (χ4v) is 2.13. The number of nitrogens with zero attached hydrogens (tertiary/aromatic N) is 1. The van der Waals surface area contributed by atoms with Gasteiger partial charge in [-0.3, -0.25) is 0 Å². The van der Waals surface area contributed by atoms with E-state index in [1.54, 1.807) is 10.3 Å². The van der Waals surface area contributed by atoms with Crippen molar-refractivity contribution < 1.29 is 0 Å². The van der Waals surface area contributed by atoms with Crippen LogP contribution in [0.5, 0.6) is 0 Å². The summed E-state index contributed by atoms with van der Waals surface area (Å²) < 4.78 is 4.89. The van der Waals surface area contributed by atoms with Crippen molar-refractivity contribution in [1.82, 2.24) is 4.37 Å². The Labute approximate surface area is 54.2 Å². The lowest BCUT2D eigenvalue weighted by molar-refractivity contribution is 1.34. The molecule has 0 aliphatic carbocycles. The van der Waals surface area contributed by atoms with Gasteiger partial charge in [0.1, 0.15) is 3.82 Å². The molecule has 4 heteroatoms. The highest BCUT2D eigenvalue weighted by Crippen LogP contribution is 2.09. The first-order valence-corrected chi connectivity index (χ1v) is 4.25. The summed E-state index contributed by atoms with van der Waals surface area (Å²) in [6.07, 6.45) is 0. The topological polar surface area (TPSA) is 12.9 Å². The van der Waals surface area contributed by atoms with Crippen molar-refractivity contribution in [3.63, 3.8) is 0 Å². The van der Waals surface area contributed by atoms with Gasteiger partial charge in [-0.1, -0.05) is 12.2 Å². The minimum atomic E-state index is 0.921. The predicted molar refractivity (Wildman–Crippen MR) is 35.6 cm³/mol. The third-order valence-corrected chi connectivity index (χ3v) is 3.26. The smallest absolute Gasteiger partial charge is 0.124 e. The maximum absolute atomic E-state index is 4.85. The van der Waals surface area contributed by atoms with Gasteiger partial charge in [0.05, 0.1) is 5.69 Å². The lowest BCUT2D eigenvalue weighted by atomic mass is 10.6. The monoisotopic (exact) mass is 149 g/mol. The van der Waals surface area contributed by atoms with E-state index in [1.165, 1.54) is 10.5 Å². The van der Waals surface area contributed by atoms with Gasteiger partial charge in [0.25, 0.3) is 0 Å². The standard InChI is InChI=1S/C3H3NS3/c1-2-3(5)6-7-4-2/h1H3. The summed E-state index contributed by atoms with van der Waals surface area (Å²) in [6, 6.07) is 0. The first kappa shape index (κ1) is 5.34. The summed E-state index contributed by atoms with van der Waals surface area (Å²) >= 11 is 4.85. The SMILES string of the molecule is Cc1nssc1=S. The second-order valence-corrected chi connectivity index (χ2v) is 3.64. The minimum Gasteiger partial charge on any atom is -0.185 e. The van der Waals surface area contributed by atoms with E-state index in [9.17, 15) is 0 Å². The molecular weight excluding hydrogens is 146 g/mol. The van der Waals surface area contributed by atoms with E-state index in [1.807, 2.05) is 6.92 Å². The first-order valence-electron chi connectivity index (χ1n) is 1.73. The zero-order valence-corrected chi connectivity index (χ0v) is 6.12. The van der Waals surface area contributed by atoms with Crippen molar-refractivity contribution in [3.05, 3.63) is 9.52 Å². The van der Waals surface area contributed by atoms with E-state index in [0.29, 0.717) is 0 Å². The molecule has 0 saturated carbocycles. The normalized spacial score (nSPS) is 9.29. The van der Waals surface area contributed by atoms with E-state index in [4.69, 9.17) is 12.2 Å². The number of rotatable bonds is 0. The maximum atomic E-state index is 4.85. The third-order valence-electron chi connectivity index (χ3n) is 0.583. The molecule has 0 saturated heterocycles. The van der Waals surface area contributed by atoms with Gasteiger partial charge in [-0.15, -0.1) is 0 Å². The molecule has 0 atom stereocenters. The van der Waals surface area contributed by atoms with Gasteiger partial charge in [-0.05, 0) is 17.3 Å². The van der Waals surface area contributed by atoms with Gasteiger partial charge in [-0.2, -0.15) is 4.37 Å². The van der Waals surface area contributed by atoms with Gasteiger partial charge < -0.3 is 0 Å². The number of hydrogen-bond donors (Lipinski definition) is 0. The summed E-state index contributed by atoms with van der Waals surface area (Å²) in [5, 5.41) is 0. The molecule has 0 aliphatic rings. The third kappa shape index (κ3) is 1.05.